The Morgan fingerprint density at radius 2 is 0.539 bits per heavy atom. The van der Waals surface area contributed by atoms with Gasteiger partial charge >= 0.3 is 0 Å². The molecule has 0 saturated heterocycles. The number of rotatable bonds is 8. The van der Waals surface area contributed by atoms with Crippen LogP contribution in [0.2, 0.25) is 0 Å². The van der Waals surface area contributed by atoms with Gasteiger partial charge < -0.3 is 0 Å². The highest BCUT2D eigenvalue weighted by Crippen LogP contribution is 2.56. The highest BCUT2D eigenvalue weighted by atomic mass is 15.0. The maximum Gasteiger partial charge on any atom is 0.164 e. The average Bonchev–Trinajstić information content (AvgIpc) is 3.55. The third-order valence-corrected chi connectivity index (χ3v) is 14.8. The van der Waals surface area contributed by atoms with Crippen LogP contribution < -0.4 is 0 Å². The molecule has 3 aliphatic rings. The molecule has 2 atom stereocenters. The topological polar surface area (TPSA) is 129 Å². The fourth-order valence-electron chi connectivity index (χ4n) is 11.3. The van der Waals surface area contributed by atoms with Crippen molar-refractivity contribution >= 4 is 22.1 Å². The molecule has 0 fully saturated rings. The lowest BCUT2D eigenvalue weighted by molar-refractivity contribution is 0.754. The zero-order valence-corrected chi connectivity index (χ0v) is 40.6. The molecule has 0 saturated carbocycles. The van der Waals surface area contributed by atoms with Crippen molar-refractivity contribution in [3.05, 3.63) is 264 Å². The van der Waals surface area contributed by atoms with Crippen LogP contribution in [0.4, 0.5) is 0 Å². The van der Waals surface area contributed by atoms with E-state index < -0.39 is 0 Å². The van der Waals surface area contributed by atoms with Crippen molar-refractivity contribution in [3.8, 4) is 90.6 Å². The standard InChI is InChI=1S/C66H40N10/c1-3-13-39(14-4-1)61-71-63(75-65(73-61)51-21-11-7-17-45(51)41-25-29-55-57(37-41)69-33-31-67-55)43-23-27-49-53(35-43)59-47-19-9-10-20-48(47)60(49)54-36-44(24-28-50(54)59)64-72-62(40-15-5-2-6-16-40)74-66(76-64)52-22-12-8-18-46(52)42-26-30-56-58(38-42)70-34-32-68-56/h1-38,59-60H. The lowest BCUT2D eigenvalue weighted by Gasteiger charge is -2.42. The number of aromatic nitrogens is 10. The first-order chi connectivity index (χ1) is 37.6. The molecule has 2 bridgehead atoms. The number of benzene rings is 9. The van der Waals surface area contributed by atoms with Crippen molar-refractivity contribution in [2.75, 3.05) is 0 Å². The zero-order chi connectivity index (χ0) is 50.1. The summed E-state index contributed by atoms with van der Waals surface area (Å²) >= 11 is 0. The summed E-state index contributed by atoms with van der Waals surface area (Å²) in [5.74, 6) is 3.53. The molecule has 354 valence electrons. The molecular formula is C66H40N10. The molecule has 13 aromatic rings. The fourth-order valence-corrected chi connectivity index (χ4v) is 11.3. The minimum atomic E-state index is -0.0286. The number of hydrogen-bond donors (Lipinski definition) is 0. The Balaban J connectivity index is 0.850. The SMILES string of the molecule is c1ccc(-c2nc(-c3ccc4c(c3)C3c5ccccc5C4c4cc(-c5nc(-c6ccccc6)nc(-c6ccccc6-c6ccc7nccnc7c6)n5)ccc43)nc(-c3ccccc3-c3ccc4nccnc4c3)n2)cc1. The van der Waals surface area contributed by atoms with Gasteiger partial charge in [0.2, 0.25) is 0 Å². The van der Waals surface area contributed by atoms with Gasteiger partial charge in [-0.25, -0.2) is 29.9 Å². The van der Waals surface area contributed by atoms with Crippen LogP contribution in [-0.2, 0) is 0 Å². The Labute approximate surface area is 436 Å². The molecule has 10 heteroatoms. The predicted molar refractivity (Wildman–Crippen MR) is 298 cm³/mol. The Kier molecular flexibility index (Phi) is 10.1. The summed E-state index contributed by atoms with van der Waals surface area (Å²) in [6, 6.07) is 71.6. The van der Waals surface area contributed by atoms with E-state index in [0.717, 1.165) is 77.7 Å². The second-order valence-electron chi connectivity index (χ2n) is 19.1. The summed E-state index contributed by atoms with van der Waals surface area (Å²) in [5, 5.41) is 0. The van der Waals surface area contributed by atoms with Gasteiger partial charge in [-0.1, -0.05) is 170 Å². The highest BCUT2D eigenvalue weighted by molar-refractivity contribution is 5.89. The van der Waals surface area contributed by atoms with Crippen molar-refractivity contribution in [1.29, 1.82) is 0 Å². The molecule has 4 heterocycles. The van der Waals surface area contributed by atoms with Crippen molar-refractivity contribution < 1.29 is 0 Å². The van der Waals surface area contributed by atoms with E-state index >= 15 is 0 Å². The summed E-state index contributed by atoms with van der Waals surface area (Å²) in [4.78, 5) is 49.6. The van der Waals surface area contributed by atoms with Crippen LogP contribution in [0.3, 0.4) is 0 Å². The van der Waals surface area contributed by atoms with Gasteiger partial charge in [-0.15, -0.1) is 0 Å². The summed E-state index contributed by atoms with van der Waals surface area (Å²) in [7, 11) is 0. The number of hydrogen-bond acceptors (Lipinski definition) is 10. The Morgan fingerprint density at radius 3 is 0.974 bits per heavy atom. The number of nitrogens with zero attached hydrogens (tertiary/aromatic N) is 10. The molecule has 4 aromatic heterocycles. The Morgan fingerprint density at radius 1 is 0.211 bits per heavy atom. The molecule has 3 aliphatic carbocycles. The summed E-state index contributed by atoms with van der Waals surface area (Å²) in [6.07, 6.45) is 6.88. The van der Waals surface area contributed by atoms with Crippen LogP contribution in [0.1, 0.15) is 45.2 Å². The van der Waals surface area contributed by atoms with Gasteiger partial charge in [0, 0.05) is 70.0 Å². The van der Waals surface area contributed by atoms with Crippen molar-refractivity contribution in [2.24, 2.45) is 0 Å². The second kappa shape index (κ2) is 17.7. The average molecular weight is 973 g/mol. The normalized spacial score (nSPS) is 14.1. The van der Waals surface area contributed by atoms with Crippen molar-refractivity contribution in [1.82, 2.24) is 49.8 Å². The van der Waals surface area contributed by atoms with Gasteiger partial charge in [-0.3, -0.25) is 19.9 Å². The van der Waals surface area contributed by atoms with E-state index in [1.807, 2.05) is 97.1 Å². The van der Waals surface area contributed by atoms with E-state index in [2.05, 4.69) is 129 Å². The van der Waals surface area contributed by atoms with E-state index in [9.17, 15) is 0 Å². The van der Waals surface area contributed by atoms with Crippen molar-refractivity contribution in [3.63, 3.8) is 0 Å². The van der Waals surface area contributed by atoms with Gasteiger partial charge in [-0.2, -0.15) is 0 Å². The minimum Gasteiger partial charge on any atom is -0.253 e. The van der Waals surface area contributed by atoms with Crippen molar-refractivity contribution in [2.45, 2.75) is 11.8 Å². The Hall–Kier alpha value is -10.3. The van der Waals surface area contributed by atoms with Crippen LogP contribution in [0.15, 0.2) is 231 Å². The largest absolute Gasteiger partial charge is 0.253 e. The van der Waals surface area contributed by atoms with E-state index in [1.165, 1.54) is 33.4 Å². The van der Waals surface area contributed by atoms with Gasteiger partial charge in [0.05, 0.1) is 22.1 Å². The molecule has 0 N–H and O–H groups in total. The predicted octanol–water partition coefficient (Wildman–Crippen LogP) is 14.3. The molecule has 0 amide bonds. The van der Waals surface area contributed by atoms with Crippen LogP contribution in [0.5, 0.6) is 0 Å². The van der Waals surface area contributed by atoms with E-state index in [4.69, 9.17) is 29.9 Å². The molecule has 0 radical (unpaired) electrons. The van der Waals surface area contributed by atoms with Crippen LogP contribution >= 0.6 is 0 Å². The third-order valence-electron chi connectivity index (χ3n) is 14.8. The fraction of sp³-hybridized carbons (Fsp3) is 0.0303. The first-order valence-electron chi connectivity index (χ1n) is 25.3. The molecular weight excluding hydrogens is 933 g/mol. The minimum absolute atomic E-state index is 0.0286. The smallest absolute Gasteiger partial charge is 0.164 e. The maximum atomic E-state index is 5.31. The summed E-state index contributed by atoms with van der Waals surface area (Å²) < 4.78 is 0. The van der Waals surface area contributed by atoms with Crippen LogP contribution in [-0.4, -0.2) is 49.8 Å². The molecule has 0 aliphatic heterocycles. The Bertz CT molecular complexity index is 4160. The molecule has 10 nitrogen and oxygen atoms in total. The first kappa shape index (κ1) is 43.3. The van der Waals surface area contributed by atoms with Gasteiger partial charge in [-0.05, 0) is 92.0 Å². The first-order valence-corrected chi connectivity index (χ1v) is 25.3. The maximum absolute atomic E-state index is 5.31. The monoisotopic (exact) mass is 972 g/mol. The van der Waals surface area contributed by atoms with Crippen LogP contribution in [0, 0.1) is 0 Å². The second-order valence-corrected chi connectivity index (χ2v) is 19.1. The van der Waals surface area contributed by atoms with Crippen LogP contribution in [0.25, 0.3) is 113 Å². The molecule has 0 spiro atoms. The zero-order valence-electron chi connectivity index (χ0n) is 40.6. The van der Waals surface area contributed by atoms with E-state index in [1.54, 1.807) is 24.8 Å². The quantitative estimate of drug-likeness (QED) is 0.145. The summed E-state index contributed by atoms with van der Waals surface area (Å²) in [6.45, 7) is 0. The molecule has 2 unspecified atom stereocenters. The van der Waals surface area contributed by atoms with Gasteiger partial charge in [0.25, 0.3) is 0 Å². The lowest BCUT2D eigenvalue weighted by atomic mass is 9.61. The highest BCUT2D eigenvalue weighted by Gasteiger charge is 2.41. The van der Waals surface area contributed by atoms with Gasteiger partial charge in [0.15, 0.2) is 34.9 Å². The third kappa shape index (κ3) is 7.34. The number of fused-ring (bicyclic) bond motifs is 2. The molecule has 9 aromatic carbocycles. The molecule has 76 heavy (non-hydrogen) atoms. The summed E-state index contributed by atoms with van der Waals surface area (Å²) in [5.41, 5.74) is 20.4. The van der Waals surface area contributed by atoms with E-state index in [0.29, 0.717) is 34.9 Å². The molecule has 16 rings (SSSR count). The lowest BCUT2D eigenvalue weighted by Crippen LogP contribution is -2.27. The van der Waals surface area contributed by atoms with E-state index in [-0.39, 0.29) is 11.8 Å². The van der Waals surface area contributed by atoms with Gasteiger partial charge in [0.1, 0.15) is 0 Å².